The highest BCUT2D eigenvalue weighted by molar-refractivity contribution is 7.09. The second kappa shape index (κ2) is 3.89. The van der Waals surface area contributed by atoms with Crippen molar-refractivity contribution in [1.29, 1.82) is 0 Å². The molecule has 0 spiro atoms. The molecular formula is C8H10N6OS. The number of H-pyrrole nitrogens is 1. The number of nitrogens with one attached hydrogen (secondary N) is 2. The second-order valence-electron chi connectivity index (χ2n) is 3.21. The van der Waals surface area contributed by atoms with Gasteiger partial charge in [0.1, 0.15) is 5.82 Å². The summed E-state index contributed by atoms with van der Waals surface area (Å²) in [5, 5.41) is 9.46. The van der Waals surface area contributed by atoms with Crippen LogP contribution < -0.4 is 11.1 Å². The van der Waals surface area contributed by atoms with Crippen molar-refractivity contribution in [2.24, 2.45) is 0 Å². The Kier molecular flexibility index (Phi) is 2.57. The molecule has 0 aliphatic rings. The van der Waals surface area contributed by atoms with Crippen molar-refractivity contribution in [3.05, 3.63) is 17.2 Å². The summed E-state index contributed by atoms with van der Waals surface area (Å²) in [6, 6.07) is 0. The van der Waals surface area contributed by atoms with E-state index in [-0.39, 0.29) is 5.69 Å². The molecule has 0 saturated heterocycles. The van der Waals surface area contributed by atoms with Crippen molar-refractivity contribution in [1.82, 2.24) is 19.6 Å². The summed E-state index contributed by atoms with van der Waals surface area (Å²) in [6.45, 7) is 3.49. The molecule has 1 amide bonds. The van der Waals surface area contributed by atoms with Gasteiger partial charge in [-0.15, -0.1) is 0 Å². The molecule has 2 rings (SSSR count). The lowest BCUT2D eigenvalue weighted by molar-refractivity contribution is 0.102. The summed E-state index contributed by atoms with van der Waals surface area (Å²) in [4.78, 5) is 15.7. The Morgan fingerprint density at radius 3 is 2.75 bits per heavy atom. The lowest BCUT2D eigenvalue weighted by atomic mass is 10.3. The van der Waals surface area contributed by atoms with Crippen LogP contribution in [-0.2, 0) is 0 Å². The molecule has 16 heavy (non-hydrogen) atoms. The molecule has 0 saturated carbocycles. The van der Waals surface area contributed by atoms with Gasteiger partial charge in [0.2, 0.25) is 5.13 Å². The largest absolute Gasteiger partial charge is 0.395 e. The zero-order valence-electron chi connectivity index (χ0n) is 8.74. The van der Waals surface area contributed by atoms with Gasteiger partial charge in [0.15, 0.2) is 5.69 Å². The maximum atomic E-state index is 11.7. The van der Waals surface area contributed by atoms with Crippen LogP contribution >= 0.6 is 11.5 Å². The van der Waals surface area contributed by atoms with Gasteiger partial charge in [-0.25, -0.2) is 4.98 Å². The molecule has 0 radical (unpaired) electrons. The Morgan fingerprint density at radius 2 is 2.25 bits per heavy atom. The first kappa shape index (κ1) is 10.6. The summed E-state index contributed by atoms with van der Waals surface area (Å²) in [7, 11) is 0. The van der Waals surface area contributed by atoms with Gasteiger partial charge in [0.25, 0.3) is 5.91 Å². The third-order valence-corrected chi connectivity index (χ3v) is 2.68. The fourth-order valence-corrected chi connectivity index (χ4v) is 1.69. The predicted molar refractivity (Wildman–Crippen MR) is 60.3 cm³/mol. The average Bonchev–Trinajstić information content (AvgIpc) is 2.76. The van der Waals surface area contributed by atoms with Crippen LogP contribution in [0.2, 0.25) is 0 Å². The van der Waals surface area contributed by atoms with Crippen LogP contribution in [0, 0.1) is 13.8 Å². The van der Waals surface area contributed by atoms with Gasteiger partial charge >= 0.3 is 0 Å². The number of nitrogens with two attached hydrogens (primary N) is 1. The zero-order valence-corrected chi connectivity index (χ0v) is 9.55. The van der Waals surface area contributed by atoms with E-state index in [1.54, 1.807) is 13.8 Å². The number of nitrogens with zero attached hydrogens (tertiary/aromatic N) is 3. The van der Waals surface area contributed by atoms with Crippen molar-refractivity contribution in [2.75, 3.05) is 11.1 Å². The van der Waals surface area contributed by atoms with Crippen LogP contribution in [0.5, 0.6) is 0 Å². The van der Waals surface area contributed by atoms with Crippen molar-refractivity contribution in [3.8, 4) is 0 Å². The van der Waals surface area contributed by atoms with Gasteiger partial charge in [-0.05, 0) is 13.8 Å². The number of carbonyl (C=O) groups is 1. The summed E-state index contributed by atoms with van der Waals surface area (Å²) >= 11 is 1.11. The second-order valence-corrected chi connectivity index (χ2v) is 3.96. The van der Waals surface area contributed by atoms with Crippen LogP contribution in [0.3, 0.4) is 0 Å². The Balaban J connectivity index is 2.18. The molecule has 7 nitrogen and oxygen atoms in total. The molecule has 0 unspecified atom stereocenters. The molecule has 2 aromatic rings. The lowest BCUT2D eigenvalue weighted by Gasteiger charge is -1.98. The van der Waals surface area contributed by atoms with Crippen molar-refractivity contribution in [3.63, 3.8) is 0 Å². The number of rotatable bonds is 2. The van der Waals surface area contributed by atoms with Crippen LogP contribution in [0.1, 0.15) is 22.0 Å². The monoisotopic (exact) mass is 238 g/mol. The summed E-state index contributed by atoms with van der Waals surface area (Å²) in [6.07, 6.45) is 0. The third-order valence-electron chi connectivity index (χ3n) is 1.96. The minimum Gasteiger partial charge on any atom is -0.395 e. The maximum Gasteiger partial charge on any atom is 0.280 e. The Labute approximate surface area is 95.3 Å². The topological polar surface area (TPSA) is 110 Å². The number of anilines is 2. The van der Waals surface area contributed by atoms with Crippen LogP contribution in [-0.4, -0.2) is 25.5 Å². The van der Waals surface area contributed by atoms with Gasteiger partial charge in [-0.1, -0.05) is 0 Å². The molecule has 8 heteroatoms. The fourth-order valence-electron chi connectivity index (χ4n) is 1.12. The highest BCUT2D eigenvalue weighted by atomic mass is 32.1. The molecule has 0 aromatic carbocycles. The molecule has 2 heterocycles. The number of aromatic amines is 1. The smallest absolute Gasteiger partial charge is 0.280 e. The minimum atomic E-state index is -0.391. The number of carbonyl (C=O) groups excluding carboxylic acids is 1. The van der Waals surface area contributed by atoms with Crippen LogP contribution in [0.15, 0.2) is 0 Å². The van der Waals surface area contributed by atoms with E-state index in [4.69, 9.17) is 5.73 Å². The maximum absolute atomic E-state index is 11.7. The zero-order chi connectivity index (χ0) is 11.7. The van der Waals surface area contributed by atoms with E-state index in [0.717, 1.165) is 11.5 Å². The summed E-state index contributed by atoms with van der Waals surface area (Å²) in [5.74, 6) is 0.226. The van der Waals surface area contributed by atoms with Crippen LogP contribution in [0.4, 0.5) is 10.8 Å². The highest BCUT2D eigenvalue weighted by Gasteiger charge is 2.16. The number of nitrogen functional groups attached to an aromatic ring is 1. The van der Waals surface area contributed by atoms with E-state index in [1.165, 1.54) is 0 Å². The first-order valence-corrected chi connectivity index (χ1v) is 5.27. The molecule has 0 aliphatic carbocycles. The van der Waals surface area contributed by atoms with Crippen LogP contribution in [0.25, 0.3) is 0 Å². The first-order valence-electron chi connectivity index (χ1n) is 4.50. The third kappa shape index (κ3) is 1.87. The van der Waals surface area contributed by atoms with E-state index in [1.807, 2.05) is 0 Å². The average molecular weight is 238 g/mol. The summed E-state index contributed by atoms with van der Waals surface area (Å²) in [5.41, 5.74) is 6.86. The number of aryl methyl sites for hydroxylation is 2. The van der Waals surface area contributed by atoms with Gasteiger partial charge in [0, 0.05) is 11.5 Å². The number of aromatic nitrogens is 4. The van der Waals surface area contributed by atoms with Gasteiger partial charge in [-0.3, -0.25) is 15.2 Å². The Bertz CT molecular complexity index is 530. The van der Waals surface area contributed by atoms with E-state index < -0.39 is 5.91 Å². The number of amides is 1. The molecule has 0 atom stereocenters. The molecular weight excluding hydrogens is 228 g/mol. The van der Waals surface area contributed by atoms with E-state index in [9.17, 15) is 4.79 Å². The predicted octanol–water partition coefficient (Wildman–Crippen LogP) is 0.713. The lowest BCUT2D eigenvalue weighted by Crippen LogP contribution is -2.14. The number of hydrogen-bond acceptors (Lipinski definition) is 6. The molecule has 4 N–H and O–H groups in total. The molecule has 0 fully saturated rings. The Morgan fingerprint density at radius 1 is 1.50 bits per heavy atom. The minimum absolute atomic E-state index is 0.172. The molecule has 0 bridgehead atoms. The highest BCUT2D eigenvalue weighted by Crippen LogP contribution is 2.16. The van der Waals surface area contributed by atoms with E-state index in [2.05, 4.69) is 24.9 Å². The Hall–Kier alpha value is -1.96. The fraction of sp³-hybridized carbons (Fsp3) is 0.250. The normalized spacial score (nSPS) is 10.4. The van der Waals surface area contributed by atoms with E-state index in [0.29, 0.717) is 22.3 Å². The van der Waals surface area contributed by atoms with Gasteiger partial charge in [-0.2, -0.15) is 9.47 Å². The van der Waals surface area contributed by atoms with Gasteiger partial charge < -0.3 is 5.73 Å². The molecule has 2 aromatic heterocycles. The SMILES string of the molecule is Cc1nsc(NC(=O)c2n[nH]c(C)c2N)n1. The van der Waals surface area contributed by atoms with E-state index >= 15 is 0 Å². The first-order chi connectivity index (χ1) is 7.58. The van der Waals surface area contributed by atoms with Crippen molar-refractivity contribution in [2.45, 2.75) is 13.8 Å². The van der Waals surface area contributed by atoms with Crippen molar-refractivity contribution < 1.29 is 4.79 Å². The quantitative estimate of drug-likeness (QED) is 0.713. The summed E-state index contributed by atoms with van der Waals surface area (Å²) < 4.78 is 3.95. The van der Waals surface area contributed by atoms with Gasteiger partial charge in [0.05, 0.1) is 11.4 Å². The standard InChI is InChI=1S/C8H10N6OS/c1-3-5(9)6(13-12-3)7(15)11-8-10-4(2)14-16-8/h9H2,1-2H3,(H,12,13)(H,10,11,14,15). The molecule has 84 valence electrons. The number of hydrogen-bond donors (Lipinski definition) is 3. The van der Waals surface area contributed by atoms with Crippen molar-refractivity contribution >= 4 is 28.3 Å². The molecule has 0 aliphatic heterocycles.